The number of aliphatic hydroxyl groups is 1. The van der Waals surface area contributed by atoms with Crippen LogP contribution in [0.4, 0.5) is 0 Å². The van der Waals surface area contributed by atoms with Crippen LogP contribution in [0.25, 0.3) is 0 Å². The number of nitrogens with one attached hydrogen (secondary N) is 1. The van der Waals surface area contributed by atoms with Gasteiger partial charge in [0.1, 0.15) is 13.2 Å². The molecular weight excluding hydrogens is 575 g/mol. The number of hydrogen-bond donors (Lipinski definition) is 3. The number of phosphoric ester groups is 1. The summed E-state index contributed by atoms with van der Waals surface area (Å²) in [6, 6.07) is -0.854. The Kier molecular flexibility index (Phi) is 27.6. The van der Waals surface area contributed by atoms with Crippen molar-refractivity contribution >= 4 is 13.7 Å². The molecule has 0 spiro atoms. The molecule has 0 aliphatic rings. The summed E-state index contributed by atoms with van der Waals surface area (Å²) in [7, 11) is 1.55. The van der Waals surface area contributed by atoms with Crippen molar-refractivity contribution in [3.8, 4) is 0 Å². The van der Waals surface area contributed by atoms with Crippen LogP contribution in [-0.2, 0) is 18.4 Å². The molecule has 3 N–H and O–H groups in total. The van der Waals surface area contributed by atoms with Gasteiger partial charge in [-0.05, 0) is 32.1 Å². The fourth-order valence-corrected chi connectivity index (χ4v) is 5.50. The number of carbonyl (C=O) groups is 1. The lowest BCUT2D eigenvalue weighted by Gasteiger charge is -2.25. The van der Waals surface area contributed by atoms with Gasteiger partial charge in [-0.15, -0.1) is 0 Å². The van der Waals surface area contributed by atoms with Crippen LogP contribution in [0.3, 0.4) is 0 Å². The Bertz CT molecular complexity index is 784. The van der Waals surface area contributed by atoms with Gasteiger partial charge in [-0.1, -0.05) is 128 Å². The summed E-state index contributed by atoms with van der Waals surface area (Å²) < 4.78 is 23.3. The van der Waals surface area contributed by atoms with Gasteiger partial charge in [-0.2, -0.15) is 0 Å². The van der Waals surface area contributed by atoms with Gasteiger partial charge in [0.05, 0.1) is 39.9 Å². The Hall–Kier alpha value is -1.02. The average Bonchev–Trinajstić information content (AvgIpc) is 2.95. The Morgan fingerprint density at radius 3 is 1.82 bits per heavy atom. The number of hydrogen-bond acceptors (Lipinski definition) is 5. The third kappa shape index (κ3) is 29.7. The van der Waals surface area contributed by atoms with Crippen molar-refractivity contribution in [3.63, 3.8) is 0 Å². The molecule has 9 heteroatoms. The fourth-order valence-electron chi connectivity index (χ4n) is 4.76. The highest BCUT2D eigenvalue weighted by molar-refractivity contribution is 7.47. The molecule has 0 heterocycles. The lowest BCUT2D eigenvalue weighted by atomic mass is 10.1. The van der Waals surface area contributed by atoms with Crippen LogP contribution < -0.4 is 5.32 Å². The van der Waals surface area contributed by atoms with E-state index in [1.807, 2.05) is 27.2 Å². The highest BCUT2D eigenvalue weighted by Crippen LogP contribution is 2.43. The molecular formula is C35H70N2O6P+. The number of phosphoric acid groups is 1. The standard InChI is InChI=1S/C35H69N2O6P/c1-6-8-10-12-14-15-16-17-18-19-20-21-23-24-26-28-34(38)33(32-43-44(40,41)42-31-30-37(3,4)5)36-35(39)29-27-25-22-13-11-9-7-2/h20-21,26,28,33-34,38H,6-19,22-25,27,29-32H2,1-5H3,(H-,36,39,40,41)/p+1/b21-20+,28-26+/t33-,34+/m1/s1. The maximum absolute atomic E-state index is 12.6. The third-order valence-electron chi connectivity index (χ3n) is 7.67. The number of likely N-dealkylation sites (N-methyl/N-ethyl adjacent to an activating group) is 1. The molecule has 0 aliphatic heterocycles. The minimum absolute atomic E-state index is 0.0572. The molecule has 0 radical (unpaired) electrons. The first-order chi connectivity index (χ1) is 21.0. The van der Waals surface area contributed by atoms with E-state index in [2.05, 4.69) is 31.3 Å². The van der Waals surface area contributed by atoms with Crippen LogP contribution in [0, 0.1) is 0 Å². The summed E-state index contributed by atoms with van der Waals surface area (Å²) in [5.74, 6) is -0.197. The number of unbranched alkanes of at least 4 members (excludes halogenated alkanes) is 16. The second kappa shape index (κ2) is 28.2. The highest BCUT2D eigenvalue weighted by atomic mass is 31.2. The molecule has 0 aliphatic carbocycles. The van der Waals surface area contributed by atoms with Crippen molar-refractivity contribution in [1.29, 1.82) is 0 Å². The first kappa shape index (κ1) is 43.0. The number of nitrogens with zero attached hydrogens (tertiary/aromatic N) is 1. The first-order valence-corrected chi connectivity index (χ1v) is 19.2. The number of carbonyl (C=O) groups excluding carboxylic acids is 1. The Morgan fingerprint density at radius 1 is 0.750 bits per heavy atom. The summed E-state index contributed by atoms with van der Waals surface area (Å²) in [5.41, 5.74) is 0. The van der Waals surface area contributed by atoms with Gasteiger partial charge < -0.3 is 19.8 Å². The normalized spacial score (nSPS) is 15.2. The summed E-state index contributed by atoms with van der Waals surface area (Å²) in [6.07, 6.45) is 29.7. The van der Waals surface area contributed by atoms with Crippen LogP contribution in [0.2, 0.25) is 0 Å². The minimum atomic E-state index is -4.32. The van der Waals surface area contributed by atoms with E-state index in [0.29, 0.717) is 17.4 Å². The lowest BCUT2D eigenvalue weighted by molar-refractivity contribution is -0.870. The first-order valence-electron chi connectivity index (χ1n) is 17.7. The third-order valence-corrected chi connectivity index (χ3v) is 8.66. The minimum Gasteiger partial charge on any atom is -0.387 e. The molecule has 44 heavy (non-hydrogen) atoms. The van der Waals surface area contributed by atoms with Crippen molar-refractivity contribution in [2.24, 2.45) is 0 Å². The van der Waals surface area contributed by atoms with Gasteiger partial charge in [0.15, 0.2) is 0 Å². The maximum atomic E-state index is 12.6. The van der Waals surface area contributed by atoms with E-state index in [1.54, 1.807) is 6.08 Å². The Labute approximate surface area is 271 Å². The zero-order valence-electron chi connectivity index (χ0n) is 29.1. The van der Waals surface area contributed by atoms with E-state index >= 15 is 0 Å². The van der Waals surface area contributed by atoms with Crippen LogP contribution in [-0.4, -0.2) is 73.4 Å². The van der Waals surface area contributed by atoms with Gasteiger partial charge in [0, 0.05) is 6.42 Å². The molecule has 3 atom stereocenters. The zero-order chi connectivity index (χ0) is 32.9. The largest absolute Gasteiger partial charge is 0.472 e. The molecule has 0 rings (SSSR count). The SMILES string of the molecule is CCCCCCCCCCC/C=C/CC/C=C/[C@H](O)[C@@H](COP(=O)(O)OCC[N+](C)(C)C)NC(=O)CCCCCCCCC. The van der Waals surface area contributed by atoms with E-state index in [0.717, 1.165) is 38.5 Å². The monoisotopic (exact) mass is 645 g/mol. The van der Waals surface area contributed by atoms with Crippen LogP contribution in [0.1, 0.15) is 142 Å². The molecule has 260 valence electrons. The van der Waals surface area contributed by atoms with Crippen molar-refractivity contribution in [1.82, 2.24) is 5.32 Å². The summed E-state index contributed by atoms with van der Waals surface area (Å²) in [5, 5.41) is 13.6. The second-order valence-electron chi connectivity index (χ2n) is 13.2. The maximum Gasteiger partial charge on any atom is 0.472 e. The molecule has 0 aromatic rings. The smallest absolute Gasteiger partial charge is 0.387 e. The second-order valence-corrected chi connectivity index (χ2v) is 14.7. The van der Waals surface area contributed by atoms with Crippen LogP contribution in [0.5, 0.6) is 0 Å². The highest BCUT2D eigenvalue weighted by Gasteiger charge is 2.27. The van der Waals surface area contributed by atoms with Gasteiger partial charge in [-0.25, -0.2) is 4.57 Å². The van der Waals surface area contributed by atoms with E-state index in [1.165, 1.54) is 83.5 Å². The molecule has 0 fully saturated rings. The van der Waals surface area contributed by atoms with E-state index in [9.17, 15) is 19.4 Å². The van der Waals surface area contributed by atoms with Gasteiger partial charge in [-0.3, -0.25) is 13.8 Å². The van der Waals surface area contributed by atoms with Crippen molar-refractivity contribution < 1.29 is 32.9 Å². The average molecular weight is 646 g/mol. The molecule has 0 saturated heterocycles. The fraction of sp³-hybridized carbons (Fsp3) is 0.857. The number of amides is 1. The molecule has 0 saturated carbocycles. The Morgan fingerprint density at radius 2 is 1.25 bits per heavy atom. The summed E-state index contributed by atoms with van der Waals surface area (Å²) in [6.45, 7) is 4.71. The van der Waals surface area contributed by atoms with Crippen LogP contribution >= 0.6 is 7.82 Å². The Balaban J connectivity index is 4.59. The summed E-state index contributed by atoms with van der Waals surface area (Å²) in [4.78, 5) is 22.8. The lowest BCUT2D eigenvalue weighted by Crippen LogP contribution is -2.45. The summed E-state index contributed by atoms with van der Waals surface area (Å²) >= 11 is 0. The van der Waals surface area contributed by atoms with Crippen molar-refractivity contribution in [3.05, 3.63) is 24.3 Å². The van der Waals surface area contributed by atoms with E-state index < -0.39 is 20.0 Å². The van der Waals surface area contributed by atoms with Gasteiger partial charge in [0.2, 0.25) is 5.91 Å². The molecule has 0 bridgehead atoms. The molecule has 0 aromatic carbocycles. The topological polar surface area (TPSA) is 105 Å². The number of aliphatic hydroxyl groups excluding tert-OH is 1. The number of allylic oxidation sites excluding steroid dienone is 3. The molecule has 8 nitrogen and oxygen atoms in total. The molecule has 0 aromatic heterocycles. The predicted molar refractivity (Wildman–Crippen MR) is 185 cm³/mol. The van der Waals surface area contributed by atoms with Crippen LogP contribution in [0.15, 0.2) is 24.3 Å². The van der Waals surface area contributed by atoms with E-state index in [4.69, 9.17) is 9.05 Å². The number of rotatable bonds is 31. The van der Waals surface area contributed by atoms with Crippen molar-refractivity contribution in [2.45, 2.75) is 154 Å². The predicted octanol–water partition coefficient (Wildman–Crippen LogP) is 8.63. The molecule has 1 amide bonds. The van der Waals surface area contributed by atoms with Crippen molar-refractivity contribution in [2.75, 3.05) is 40.9 Å². The van der Waals surface area contributed by atoms with E-state index in [-0.39, 0.29) is 19.1 Å². The quantitative estimate of drug-likeness (QED) is 0.0302. The zero-order valence-corrected chi connectivity index (χ0v) is 30.0. The number of quaternary nitrogens is 1. The van der Waals surface area contributed by atoms with Gasteiger partial charge in [0.25, 0.3) is 0 Å². The van der Waals surface area contributed by atoms with Gasteiger partial charge >= 0.3 is 7.82 Å². The molecule has 1 unspecified atom stereocenters.